The predicted octanol–water partition coefficient (Wildman–Crippen LogP) is 3.09. The van der Waals surface area contributed by atoms with Gasteiger partial charge in [0, 0.05) is 22.3 Å². The number of hydrogen-bond donors (Lipinski definition) is 1. The number of benzene rings is 2. The van der Waals surface area contributed by atoms with Crippen LogP contribution in [-0.2, 0) is 9.53 Å². The van der Waals surface area contributed by atoms with Gasteiger partial charge in [-0.3, -0.25) is 9.59 Å². The monoisotopic (exact) mass is 480 g/mol. The van der Waals surface area contributed by atoms with Crippen molar-refractivity contribution in [1.82, 2.24) is 4.90 Å². The Labute approximate surface area is 172 Å². The van der Waals surface area contributed by atoms with Crippen molar-refractivity contribution in [1.29, 1.82) is 0 Å². The van der Waals surface area contributed by atoms with Gasteiger partial charge in [-0.15, -0.1) is 0 Å². The van der Waals surface area contributed by atoms with Crippen LogP contribution in [0.3, 0.4) is 0 Å². The number of nitrogens with zero attached hydrogens (tertiary/aromatic N) is 1. The summed E-state index contributed by atoms with van der Waals surface area (Å²) in [7, 11) is 0. The number of carbonyl (C=O) groups is 2. The first-order chi connectivity index (χ1) is 13.0. The lowest BCUT2D eigenvalue weighted by Crippen LogP contribution is -2.40. The molecule has 3 rings (SSSR count). The molecule has 1 aliphatic rings. The van der Waals surface area contributed by atoms with Gasteiger partial charge < -0.3 is 19.7 Å². The summed E-state index contributed by atoms with van der Waals surface area (Å²) in [6.07, 6.45) is 0. The second-order valence-corrected chi connectivity index (χ2v) is 7.44. The van der Waals surface area contributed by atoms with Crippen LogP contribution in [0.25, 0.3) is 0 Å². The van der Waals surface area contributed by atoms with E-state index in [-0.39, 0.29) is 18.4 Å². The van der Waals surface area contributed by atoms with Gasteiger partial charge in [-0.1, -0.05) is 12.1 Å². The van der Waals surface area contributed by atoms with Gasteiger partial charge in [0.25, 0.3) is 11.8 Å². The minimum atomic E-state index is -0.270. The number of rotatable bonds is 5. The summed E-state index contributed by atoms with van der Waals surface area (Å²) < 4.78 is 12.1. The Morgan fingerprint density at radius 2 is 1.93 bits per heavy atom. The lowest BCUT2D eigenvalue weighted by molar-refractivity contribution is -0.118. The molecule has 0 radical (unpaired) electrons. The molecule has 7 heteroatoms. The third-order valence-corrected chi connectivity index (χ3v) is 4.91. The Balaban J connectivity index is 1.64. The van der Waals surface area contributed by atoms with E-state index in [0.29, 0.717) is 37.6 Å². The van der Waals surface area contributed by atoms with Crippen LogP contribution in [-0.4, -0.2) is 49.6 Å². The highest BCUT2D eigenvalue weighted by atomic mass is 127. The lowest BCUT2D eigenvalue weighted by atomic mass is 10.1. The van der Waals surface area contributed by atoms with Gasteiger partial charge in [0.05, 0.1) is 18.8 Å². The van der Waals surface area contributed by atoms with Crippen LogP contribution in [0.1, 0.15) is 15.9 Å². The molecule has 1 aliphatic heterocycles. The molecule has 0 bridgehead atoms. The first kappa shape index (κ1) is 19.6. The van der Waals surface area contributed by atoms with Crippen molar-refractivity contribution in [2.45, 2.75) is 6.92 Å². The van der Waals surface area contributed by atoms with E-state index in [9.17, 15) is 9.59 Å². The van der Waals surface area contributed by atoms with E-state index in [0.717, 1.165) is 14.8 Å². The number of halogens is 1. The number of morpholine rings is 1. The average Bonchev–Trinajstić information content (AvgIpc) is 2.69. The molecule has 1 fully saturated rings. The summed E-state index contributed by atoms with van der Waals surface area (Å²) in [6.45, 7) is 3.95. The molecule has 2 amide bonds. The van der Waals surface area contributed by atoms with Gasteiger partial charge in [0.2, 0.25) is 0 Å². The smallest absolute Gasteiger partial charge is 0.262 e. The molecule has 142 valence electrons. The quantitative estimate of drug-likeness (QED) is 0.669. The number of anilines is 1. The normalized spacial score (nSPS) is 13.9. The predicted molar refractivity (Wildman–Crippen MR) is 111 cm³/mol. The number of para-hydroxylation sites is 1. The zero-order valence-electron chi connectivity index (χ0n) is 15.0. The maximum Gasteiger partial charge on any atom is 0.262 e. The topological polar surface area (TPSA) is 67.9 Å². The Morgan fingerprint density at radius 1 is 1.19 bits per heavy atom. The molecule has 0 aromatic heterocycles. The third-order valence-electron chi connectivity index (χ3n) is 4.24. The average molecular weight is 480 g/mol. The zero-order chi connectivity index (χ0) is 19.2. The summed E-state index contributed by atoms with van der Waals surface area (Å²) in [5.74, 6) is 0.0270. The van der Waals surface area contributed by atoms with Crippen LogP contribution in [0.15, 0.2) is 42.5 Å². The number of carbonyl (C=O) groups excluding carboxylic acids is 2. The second kappa shape index (κ2) is 9.18. The summed E-state index contributed by atoms with van der Waals surface area (Å²) in [4.78, 5) is 26.7. The molecular weight excluding hydrogens is 459 g/mol. The maximum atomic E-state index is 12.7. The van der Waals surface area contributed by atoms with Crippen molar-refractivity contribution in [2.75, 3.05) is 38.2 Å². The highest BCUT2D eigenvalue weighted by Crippen LogP contribution is 2.21. The van der Waals surface area contributed by atoms with Crippen molar-refractivity contribution in [3.8, 4) is 5.75 Å². The molecule has 2 aromatic rings. The van der Waals surface area contributed by atoms with Crippen molar-refractivity contribution >= 4 is 40.1 Å². The van der Waals surface area contributed by atoms with E-state index >= 15 is 0 Å². The standard InChI is InChI=1S/C20H21IN2O4/c1-14-12-15(21)6-7-17(14)22-19(24)13-27-18-5-3-2-4-16(18)20(25)23-8-10-26-11-9-23/h2-7,12H,8-11,13H2,1H3,(H,22,24). The molecule has 1 heterocycles. The highest BCUT2D eigenvalue weighted by molar-refractivity contribution is 14.1. The molecule has 2 aromatic carbocycles. The Bertz CT molecular complexity index is 834. The summed E-state index contributed by atoms with van der Waals surface area (Å²) in [5, 5.41) is 2.84. The zero-order valence-corrected chi connectivity index (χ0v) is 17.2. The highest BCUT2D eigenvalue weighted by Gasteiger charge is 2.21. The minimum Gasteiger partial charge on any atom is -0.483 e. The van der Waals surface area contributed by atoms with Gasteiger partial charge in [0.1, 0.15) is 5.75 Å². The summed E-state index contributed by atoms with van der Waals surface area (Å²) >= 11 is 2.23. The van der Waals surface area contributed by atoms with Gasteiger partial charge in [-0.25, -0.2) is 0 Å². The van der Waals surface area contributed by atoms with Gasteiger partial charge in [-0.05, 0) is 65.4 Å². The van der Waals surface area contributed by atoms with E-state index in [1.165, 1.54) is 0 Å². The van der Waals surface area contributed by atoms with Crippen LogP contribution in [0, 0.1) is 10.5 Å². The van der Waals surface area contributed by atoms with Crippen LogP contribution >= 0.6 is 22.6 Å². The van der Waals surface area contributed by atoms with Crippen molar-refractivity contribution in [2.24, 2.45) is 0 Å². The molecule has 0 spiro atoms. The minimum absolute atomic E-state index is 0.109. The molecule has 27 heavy (non-hydrogen) atoms. The van der Waals surface area contributed by atoms with Gasteiger partial charge in [0.15, 0.2) is 6.61 Å². The Morgan fingerprint density at radius 3 is 2.67 bits per heavy atom. The lowest BCUT2D eigenvalue weighted by Gasteiger charge is -2.27. The third kappa shape index (κ3) is 5.20. The van der Waals surface area contributed by atoms with Crippen LogP contribution in [0.5, 0.6) is 5.75 Å². The van der Waals surface area contributed by atoms with E-state index in [1.807, 2.05) is 25.1 Å². The molecule has 1 N–H and O–H groups in total. The van der Waals surface area contributed by atoms with E-state index in [2.05, 4.69) is 27.9 Å². The van der Waals surface area contributed by atoms with E-state index in [1.54, 1.807) is 29.2 Å². The number of hydrogen-bond acceptors (Lipinski definition) is 4. The van der Waals surface area contributed by atoms with E-state index < -0.39 is 0 Å². The first-order valence-corrected chi connectivity index (χ1v) is 9.77. The summed E-state index contributed by atoms with van der Waals surface area (Å²) in [5.41, 5.74) is 2.19. The fourth-order valence-electron chi connectivity index (χ4n) is 2.80. The van der Waals surface area contributed by atoms with E-state index in [4.69, 9.17) is 9.47 Å². The van der Waals surface area contributed by atoms with Gasteiger partial charge in [-0.2, -0.15) is 0 Å². The van der Waals surface area contributed by atoms with Crippen LogP contribution < -0.4 is 10.1 Å². The van der Waals surface area contributed by atoms with Crippen LogP contribution in [0.4, 0.5) is 5.69 Å². The molecule has 1 saturated heterocycles. The molecule has 0 aliphatic carbocycles. The number of aryl methyl sites for hydroxylation is 1. The molecule has 6 nitrogen and oxygen atoms in total. The SMILES string of the molecule is Cc1cc(I)ccc1NC(=O)COc1ccccc1C(=O)N1CCOCC1. The van der Waals surface area contributed by atoms with Crippen molar-refractivity contribution in [3.05, 3.63) is 57.2 Å². The van der Waals surface area contributed by atoms with Crippen LogP contribution in [0.2, 0.25) is 0 Å². The van der Waals surface area contributed by atoms with Gasteiger partial charge >= 0.3 is 0 Å². The maximum absolute atomic E-state index is 12.7. The van der Waals surface area contributed by atoms with Crippen molar-refractivity contribution < 1.29 is 19.1 Å². The molecule has 0 unspecified atom stereocenters. The first-order valence-electron chi connectivity index (χ1n) is 8.69. The molecular formula is C20H21IN2O4. The number of amides is 2. The van der Waals surface area contributed by atoms with Crippen molar-refractivity contribution in [3.63, 3.8) is 0 Å². The molecule has 0 saturated carbocycles. The molecule has 0 atom stereocenters. The fraction of sp³-hybridized carbons (Fsp3) is 0.300. The summed E-state index contributed by atoms with van der Waals surface area (Å²) in [6, 6.07) is 12.8. The Kier molecular flexibility index (Phi) is 6.68. The number of nitrogens with one attached hydrogen (secondary N) is 1. The largest absolute Gasteiger partial charge is 0.483 e. The number of ether oxygens (including phenoxy) is 2. The fourth-order valence-corrected chi connectivity index (χ4v) is 3.45. The second-order valence-electron chi connectivity index (χ2n) is 6.20. The Hall–Kier alpha value is -2.13.